The second-order valence-electron chi connectivity index (χ2n) is 12.2. The Kier molecular flexibility index (Phi) is 12.5. The molecule has 1 aliphatic heterocycles. The quantitative estimate of drug-likeness (QED) is 0.333. The molecular weight excluding hydrogens is 682 g/mol. The lowest BCUT2D eigenvalue weighted by atomic mass is 10.0. The first-order valence-electron chi connectivity index (χ1n) is 15.7. The number of aromatic nitrogens is 2. The van der Waals surface area contributed by atoms with Crippen molar-refractivity contribution < 1.29 is 36.2 Å². The highest BCUT2D eigenvalue weighted by Gasteiger charge is 2.32. The third-order valence-electron chi connectivity index (χ3n) is 8.22. The smallest absolute Gasteiger partial charge is 0.280 e. The minimum Gasteiger partial charge on any atom is -0.490 e. The van der Waals surface area contributed by atoms with Gasteiger partial charge >= 0.3 is 0 Å². The Hall–Kier alpha value is -3.21. The van der Waals surface area contributed by atoms with E-state index >= 15 is 0 Å². The third-order valence-corrected chi connectivity index (χ3v) is 11.6. The fourth-order valence-corrected chi connectivity index (χ4v) is 7.66. The number of aryl methyl sites for hydroxylation is 1. The topological polar surface area (TPSA) is 160 Å². The van der Waals surface area contributed by atoms with Crippen molar-refractivity contribution >= 4 is 43.2 Å². The number of benzene rings is 2. The summed E-state index contributed by atoms with van der Waals surface area (Å²) >= 11 is 5.97. The minimum absolute atomic E-state index is 0.0111. The van der Waals surface area contributed by atoms with Crippen LogP contribution in [0.5, 0.6) is 5.75 Å². The summed E-state index contributed by atoms with van der Waals surface area (Å²) in [5.74, 6) is -0.611. The summed E-state index contributed by atoms with van der Waals surface area (Å²) in [6.07, 6.45) is 3.93. The Morgan fingerprint density at radius 2 is 1.83 bits per heavy atom. The van der Waals surface area contributed by atoms with Gasteiger partial charge in [-0.15, -0.1) is 0 Å². The van der Waals surface area contributed by atoms with Gasteiger partial charge in [0, 0.05) is 56.6 Å². The average molecular weight is 726 g/mol. The minimum atomic E-state index is -4.06. The van der Waals surface area contributed by atoms with E-state index in [2.05, 4.69) is 9.71 Å². The molecule has 4 atom stereocenters. The van der Waals surface area contributed by atoms with Crippen molar-refractivity contribution in [1.82, 2.24) is 18.8 Å². The summed E-state index contributed by atoms with van der Waals surface area (Å²) < 4.78 is 70.6. The van der Waals surface area contributed by atoms with Crippen molar-refractivity contribution in [3.05, 3.63) is 65.6 Å². The predicted molar refractivity (Wildman–Crippen MR) is 182 cm³/mol. The van der Waals surface area contributed by atoms with E-state index < -0.39 is 38.1 Å². The molecule has 13 nitrogen and oxygen atoms in total. The maximum Gasteiger partial charge on any atom is 0.280 e. The number of carbonyl (C=O) groups excluding carboxylic acids is 1. The number of fused-ring (bicyclic) bond motifs is 1. The fourth-order valence-electron chi connectivity index (χ4n) is 5.32. The van der Waals surface area contributed by atoms with Crippen molar-refractivity contribution in [1.29, 1.82) is 0 Å². The number of anilines is 1. The number of carbonyl (C=O) groups is 1. The molecule has 0 fully saturated rings. The third kappa shape index (κ3) is 9.27. The first-order valence-corrected chi connectivity index (χ1v) is 19.0. The second-order valence-corrected chi connectivity index (χ2v) is 16.3. The molecule has 1 amide bonds. The molecule has 0 saturated carbocycles. The highest BCUT2D eigenvalue weighted by Crippen LogP contribution is 2.30. The predicted octanol–water partition coefficient (Wildman–Crippen LogP) is 3.99. The van der Waals surface area contributed by atoms with Crippen LogP contribution in [0.1, 0.15) is 50.4 Å². The Balaban J connectivity index is 1.67. The molecule has 0 bridgehead atoms. The standard InChI is InChI=1S/C32H44ClN5O8S2/c1-22-17-38(23(2)20-39)32(40)28-16-26(35-47(41,42)31-19-36(4)21-34-31)11-14-29(28)46-24(3)8-6-7-15-45-30(22)18-37(5)48(43,44)27-12-9-25(33)10-13-27/h9-14,16,19,21-24,30,35,39H,6-8,15,17-18,20H2,1-5H3/t22-,23+,24+,30+/m1/s1. The van der Waals surface area contributed by atoms with Crippen LogP contribution in [0.15, 0.2) is 64.9 Å². The van der Waals surface area contributed by atoms with Crippen LogP contribution in [0.2, 0.25) is 5.02 Å². The number of imidazole rings is 1. The number of amides is 1. The summed E-state index contributed by atoms with van der Waals surface area (Å²) in [6, 6.07) is 9.76. The van der Waals surface area contributed by atoms with E-state index in [4.69, 9.17) is 21.1 Å². The normalized spacial score (nSPS) is 20.9. The molecular formula is C32H44ClN5O8S2. The van der Waals surface area contributed by atoms with Gasteiger partial charge in [-0.25, -0.2) is 13.4 Å². The van der Waals surface area contributed by atoms with Gasteiger partial charge in [0.1, 0.15) is 5.75 Å². The number of ether oxygens (including phenoxy) is 2. The van der Waals surface area contributed by atoms with Gasteiger partial charge in [0.05, 0.1) is 41.6 Å². The molecule has 1 aliphatic rings. The Bertz CT molecular complexity index is 1770. The molecule has 1 aromatic heterocycles. The van der Waals surface area contributed by atoms with Gasteiger partial charge in [-0.3, -0.25) is 9.52 Å². The van der Waals surface area contributed by atoms with E-state index in [1.807, 2.05) is 13.8 Å². The van der Waals surface area contributed by atoms with Gasteiger partial charge in [0.25, 0.3) is 15.9 Å². The highest BCUT2D eigenvalue weighted by molar-refractivity contribution is 7.92. The molecule has 2 heterocycles. The highest BCUT2D eigenvalue weighted by atomic mass is 35.5. The molecule has 2 aromatic carbocycles. The van der Waals surface area contributed by atoms with Crippen LogP contribution in [-0.4, -0.2) is 98.2 Å². The number of aliphatic hydroxyl groups excluding tert-OH is 1. The molecule has 0 spiro atoms. The van der Waals surface area contributed by atoms with Crippen LogP contribution in [0.25, 0.3) is 0 Å². The number of halogens is 1. The molecule has 0 radical (unpaired) electrons. The Morgan fingerprint density at radius 3 is 2.48 bits per heavy atom. The summed E-state index contributed by atoms with van der Waals surface area (Å²) in [5.41, 5.74) is 0.234. The fraction of sp³-hybridized carbons (Fsp3) is 0.500. The van der Waals surface area contributed by atoms with Crippen molar-refractivity contribution in [3.8, 4) is 5.75 Å². The first-order chi connectivity index (χ1) is 22.6. The van der Waals surface area contributed by atoms with Gasteiger partial charge in [0.15, 0.2) is 5.03 Å². The molecule has 264 valence electrons. The monoisotopic (exact) mass is 725 g/mol. The zero-order valence-electron chi connectivity index (χ0n) is 27.7. The molecule has 0 unspecified atom stereocenters. The van der Waals surface area contributed by atoms with E-state index in [9.17, 15) is 26.7 Å². The molecule has 48 heavy (non-hydrogen) atoms. The van der Waals surface area contributed by atoms with E-state index in [-0.39, 0.29) is 58.6 Å². The summed E-state index contributed by atoms with van der Waals surface area (Å²) in [6.45, 7) is 5.56. The van der Waals surface area contributed by atoms with Gasteiger partial charge in [-0.2, -0.15) is 12.7 Å². The van der Waals surface area contributed by atoms with Crippen LogP contribution in [0.3, 0.4) is 0 Å². The number of hydrogen-bond donors (Lipinski definition) is 2. The molecule has 2 N–H and O–H groups in total. The lowest BCUT2D eigenvalue weighted by Crippen LogP contribution is -2.48. The number of nitrogens with one attached hydrogen (secondary N) is 1. The number of rotatable bonds is 9. The van der Waals surface area contributed by atoms with E-state index in [1.165, 1.54) is 69.7 Å². The maximum absolute atomic E-state index is 14.3. The largest absolute Gasteiger partial charge is 0.490 e. The van der Waals surface area contributed by atoms with Crippen LogP contribution in [0.4, 0.5) is 5.69 Å². The average Bonchev–Trinajstić information content (AvgIpc) is 3.49. The number of hydrogen-bond acceptors (Lipinski definition) is 9. The number of aliphatic hydroxyl groups is 1. The van der Waals surface area contributed by atoms with Gasteiger partial charge in [0.2, 0.25) is 10.0 Å². The number of sulfonamides is 2. The van der Waals surface area contributed by atoms with E-state index in [1.54, 1.807) is 20.0 Å². The van der Waals surface area contributed by atoms with Gasteiger partial charge in [-0.05, 0) is 75.6 Å². The maximum atomic E-state index is 14.3. The van der Waals surface area contributed by atoms with Crippen molar-refractivity contribution in [2.45, 2.75) is 68.2 Å². The molecule has 16 heteroatoms. The molecule has 4 rings (SSSR count). The van der Waals surface area contributed by atoms with Crippen molar-refractivity contribution in [2.24, 2.45) is 13.0 Å². The molecule has 3 aromatic rings. The van der Waals surface area contributed by atoms with Gasteiger partial charge < -0.3 is 24.0 Å². The van der Waals surface area contributed by atoms with Crippen LogP contribution in [-0.2, 0) is 31.8 Å². The van der Waals surface area contributed by atoms with Crippen molar-refractivity contribution in [3.63, 3.8) is 0 Å². The number of likely N-dealkylation sites (N-methyl/N-ethyl adjacent to an activating group) is 1. The van der Waals surface area contributed by atoms with Crippen molar-refractivity contribution in [2.75, 3.05) is 38.1 Å². The zero-order valence-corrected chi connectivity index (χ0v) is 30.1. The molecule has 0 saturated heterocycles. The second kappa shape index (κ2) is 16.0. The van der Waals surface area contributed by atoms with Crippen LogP contribution in [0, 0.1) is 5.92 Å². The molecule has 0 aliphatic carbocycles. The van der Waals surface area contributed by atoms with E-state index in [0.29, 0.717) is 24.5 Å². The Labute approximate surface area is 287 Å². The number of nitrogens with zero attached hydrogens (tertiary/aromatic N) is 4. The van der Waals surface area contributed by atoms with Gasteiger partial charge in [-0.1, -0.05) is 18.5 Å². The first kappa shape index (κ1) is 37.6. The summed E-state index contributed by atoms with van der Waals surface area (Å²) in [7, 11) is -4.80. The van der Waals surface area contributed by atoms with Crippen LogP contribution < -0.4 is 9.46 Å². The lowest BCUT2D eigenvalue weighted by Gasteiger charge is -2.35. The van der Waals surface area contributed by atoms with E-state index in [0.717, 1.165) is 6.42 Å². The lowest BCUT2D eigenvalue weighted by molar-refractivity contribution is -0.00833. The Morgan fingerprint density at radius 1 is 1.12 bits per heavy atom. The summed E-state index contributed by atoms with van der Waals surface area (Å²) in [4.78, 5) is 19.8. The van der Waals surface area contributed by atoms with Crippen LogP contribution >= 0.6 is 11.6 Å². The summed E-state index contributed by atoms with van der Waals surface area (Å²) in [5, 5.41) is 10.4. The zero-order chi connectivity index (χ0) is 35.2. The SMILES string of the molecule is C[C@@H]1CN([C@@H](C)CO)C(=O)c2cc(NS(=O)(=O)c3cn(C)cn3)ccc2O[C@@H](C)CCCCO[C@H]1CN(C)S(=O)(=O)c1ccc(Cl)cc1.